The molecule has 1 aromatic rings. The number of nitrogens with zero attached hydrogens (tertiary/aromatic N) is 1. The van der Waals surface area contributed by atoms with Crippen LogP contribution in [-0.2, 0) is 6.42 Å². The zero-order chi connectivity index (χ0) is 11.0. The molecular weight excluding hydrogens is 198 g/mol. The van der Waals surface area contributed by atoms with Gasteiger partial charge in [0.05, 0.1) is 0 Å². The zero-order valence-corrected chi connectivity index (χ0v) is 9.60. The molecule has 1 fully saturated rings. The van der Waals surface area contributed by atoms with Crippen molar-refractivity contribution in [3.8, 4) is 0 Å². The van der Waals surface area contributed by atoms with Crippen molar-refractivity contribution in [2.75, 3.05) is 19.7 Å². The van der Waals surface area contributed by atoms with Crippen LogP contribution in [0.2, 0.25) is 0 Å². The number of likely N-dealkylation sites (tertiary alicyclic amines) is 1. The van der Waals surface area contributed by atoms with Gasteiger partial charge in [0.25, 0.3) is 0 Å². The highest BCUT2D eigenvalue weighted by Gasteiger charge is 2.32. The Labute approximate surface area is 96.9 Å². The lowest BCUT2D eigenvalue weighted by atomic mass is 10.1. The van der Waals surface area contributed by atoms with E-state index in [0.717, 1.165) is 19.5 Å². The van der Waals surface area contributed by atoms with Gasteiger partial charge in [-0.3, -0.25) is 4.90 Å². The SMILES string of the molecule is OCC1CCN(C2CCc3ccccc32)C1. The molecule has 3 rings (SSSR count). The van der Waals surface area contributed by atoms with Crippen LogP contribution in [0.25, 0.3) is 0 Å². The summed E-state index contributed by atoms with van der Waals surface area (Å²) in [6, 6.07) is 9.44. The van der Waals surface area contributed by atoms with Crippen LogP contribution in [-0.4, -0.2) is 29.7 Å². The molecule has 2 nitrogen and oxygen atoms in total. The molecule has 2 heteroatoms. The van der Waals surface area contributed by atoms with Gasteiger partial charge < -0.3 is 5.11 Å². The summed E-state index contributed by atoms with van der Waals surface area (Å²) >= 11 is 0. The van der Waals surface area contributed by atoms with E-state index in [2.05, 4.69) is 29.2 Å². The first-order valence-corrected chi connectivity index (χ1v) is 6.31. The lowest BCUT2D eigenvalue weighted by Crippen LogP contribution is -2.25. The predicted molar refractivity (Wildman–Crippen MR) is 64.3 cm³/mol. The average Bonchev–Trinajstić information content (AvgIpc) is 2.94. The Bertz CT molecular complexity index is 377. The molecular formula is C14H19NO. The van der Waals surface area contributed by atoms with E-state index in [-0.39, 0.29) is 0 Å². The van der Waals surface area contributed by atoms with Crippen molar-refractivity contribution in [3.05, 3.63) is 35.4 Å². The number of aliphatic hydroxyl groups is 1. The second-order valence-electron chi connectivity index (χ2n) is 5.09. The van der Waals surface area contributed by atoms with Gasteiger partial charge in [0, 0.05) is 19.2 Å². The third-order valence-electron chi connectivity index (χ3n) is 4.12. The van der Waals surface area contributed by atoms with E-state index in [4.69, 9.17) is 0 Å². The number of fused-ring (bicyclic) bond motifs is 1. The quantitative estimate of drug-likeness (QED) is 0.819. The average molecular weight is 217 g/mol. The summed E-state index contributed by atoms with van der Waals surface area (Å²) < 4.78 is 0. The molecule has 2 unspecified atom stereocenters. The first-order chi connectivity index (χ1) is 7.88. The minimum atomic E-state index is 0.352. The Kier molecular flexibility index (Phi) is 2.70. The maximum Gasteiger partial charge on any atom is 0.0471 e. The number of benzene rings is 1. The molecule has 86 valence electrons. The summed E-state index contributed by atoms with van der Waals surface area (Å²) in [5, 5.41) is 9.20. The predicted octanol–water partition coefficient (Wildman–Crippen LogP) is 1.99. The number of hydrogen-bond acceptors (Lipinski definition) is 2. The maximum absolute atomic E-state index is 9.20. The summed E-state index contributed by atoms with van der Waals surface area (Å²) in [6.45, 7) is 2.59. The fraction of sp³-hybridized carbons (Fsp3) is 0.571. The Morgan fingerprint density at radius 3 is 2.94 bits per heavy atom. The van der Waals surface area contributed by atoms with Gasteiger partial charge in [-0.05, 0) is 42.9 Å². The van der Waals surface area contributed by atoms with Gasteiger partial charge in [-0.25, -0.2) is 0 Å². The van der Waals surface area contributed by atoms with Gasteiger partial charge in [-0.2, -0.15) is 0 Å². The fourth-order valence-corrected chi connectivity index (χ4v) is 3.21. The molecule has 1 N–H and O–H groups in total. The molecule has 1 heterocycles. The second kappa shape index (κ2) is 4.19. The van der Waals surface area contributed by atoms with Crippen molar-refractivity contribution in [2.45, 2.75) is 25.3 Å². The van der Waals surface area contributed by atoms with Crippen LogP contribution in [0.5, 0.6) is 0 Å². The number of rotatable bonds is 2. The molecule has 0 aromatic heterocycles. The largest absolute Gasteiger partial charge is 0.396 e. The molecule has 1 aromatic carbocycles. The second-order valence-corrected chi connectivity index (χ2v) is 5.09. The van der Waals surface area contributed by atoms with Gasteiger partial charge in [0.15, 0.2) is 0 Å². The van der Waals surface area contributed by atoms with Crippen LogP contribution in [0.4, 0.5) is 0 Å². The molecule has 0 amide bonds. The van der Waals surface area contributed by atoms with E-state index in [1.54, 1.807) is 0 Å². The van der Waals surface area contributed by atoms with E-state index in [0.29, 0.717) is 18.6 Å². The molecule has 1 aliphatic carbocycles. The fourth-order valence-electron chi connectivity index (χ4n) is 3.21. The van der Waals surface area contributed by atoms with Crippen LogP contribution >= 0.6 is 0 Å². The molecule has 0 saturated carbocycles. The van der Waals surface area contributed by atoms with Gasteiger partial charge in [-0.1, -0.05) is 24.3 Å². The Balaban J connectivity index is 1.78. The van der Waals surface area contributed by atoms with Crippen molar-refractivity contribution < 1.29 is 5.11 Å². The summed E-state index contributed by atoms with van der Waals surface area (Å²) in [7, 11) is 0. The summed E-state index contributed by atoms with van der Waals surface area (Å²) in [5.41, 5.74) is 3.06. The monoisotopic (exact) mass is 217 g/mol. The van der Waals surface area contributed by atoms with Gasteiger partial charge in [-0.15, -0.1) is 0 Å². The highest BCUT2D eigenvalue weighted by Crippen LogP contribution is 2.37. The first-order valence-electron chi connectivity index (χ1n) is 6.31. The van der Waals surface area contributed by atoms with Crippen molar-refractivity contribution in [1.29, 1.82) is 0 Å². The van der Waals surface area contributed by atoms with Gasteiger partial charge in [0.2, 0.25) is 0 Å². The van der Waals surface area contributed by atoms with E-state index in [9.17, 15) is 5.11 Å². The third kappa shape index (κ3) is 1.66. The first kappa shape index (κ1) is 10.3. The molecule has 2 aliphatic rings. The minimum Gasteiger partial charge on any atom is -0.396 e. The number of aryl methyl sites for hydroxylation is 1. The Hall–Kier alpha value is -0.860. The molecule has 1 saturated heterocycles. The van der Waals surface area contributed by atoms with E-state index in [1.807, 2.05) is 0 Å². The normalized spacial score (nSPS) is 29.6. The lowest BCUT2D eigenvalue weighted by molar-refractivity contribution is 0.198. The van der Waals surface area contributed by atoms with Crippen molar-refractivity contribution in [3.63, 3.8) is 0 Å². The molecule has 1 aliphatic heterocycles. The summed E-state index contributed by atoms with van der Waals surface area (Å²) in [6.07, 6.45) is 3.65. The van der Waals surface area contributed by atoms with Crippen LogP contribution < -0.4 is 0 Å². The molecule has 16 heavy (non-hydrogen) atoms. The third-order valence-corrected chi connectivity index (χ3v) is 4.12. The zero-order valence-electron chi connectivity index (χ0n) is 9.60. The maximum atomic E-state index is 9.20. The van der Waals surface area contributed by atoms with Crippen LogP contribution in [0.15, 0.2) is 24.3 Å². The summed E-state index contributed by atoms with van der Waals surface area (Å²) in [4.78, 5) is 2.56. The minimum absolute atomic E-state index is 0.352. The highest BCUT2D eigenvalue weighted by atomic mass is 16.3. The van der Waals surface area contributed by atoms with E-state index >= 15 is 0 Å². The Morgan fingerprint density at radius 2 is 2.12 bits per heavy atom. The van der Waals surface area contributed by atoms with Crippen LogP contribution in [0.3, 0.4) is 0 Å². The van der Waals surface area contributed by atoms with Crippen molar-refractivity contribution in [1.82, 2.24) is 4.90 Å². The molecule has 0 bridgehead atoms. The highest BCUT2D eigenvalue weighted by molar-refractivity contribution is 5.34. The van der Waals surface area contributed by atoms with Crippen molar-refractivity contribution >= 4 is 0 Å². The molecule has 0 radical (unpaired) electrons. The Morgan fingerprint density at radius 1 is 1.25 bits per heavy atom. The van der Waals surface area contributed by atoms with Gasteiger partial charge >= 0.3 is 0 Å². The number of hydrogen-bond donors (Lipinski definition) is 1. The topological polar surface area (TPSA) is 23.5 Å². The van der Waals surface area contributed by atoms with Crippen LogP contribution in [0.1, 0.15) is 30.0 Å². The summed E-state index contributed by atoms with van der Waals surface area (Å²) in [5.74, 6) is 0.507. The van der Waals surface area contributed by atoms with Gasteiger partial charge in [0.1, 0.15) is 0 Å². The van der Waals surface area contributed by atoms with Crippen molar-refractivity contribution in [2.24, 2.45) is 5.92 Å². The standard InChI is InChI=1S/C14H19NO/c16-10-11-7-8-15(9-11)14-6-5-12-3-1-2-4-13(12)14/h1-4,11,14,16H,5-10H2. The molecule has 0 spiro atoms. The lowest BCUT2D eigenvalue weighted by Gasteiger charge is -2.24. The van der Waals surface area contributed by atoms with E-state index in [1.165, 1.54) is 24.0 Å². The van der Waals surface area contributed by atoms with Crippen LogP contribution in [0, 0.1) is 5.92 Å². The molecule has 2 atom stereocenters. The smallest absolute Gasteiger partial charge is 0.0471 e. The number of aliphatic hydroxyl groups excluding tert-OH is 1. The van der Waals surface area contributed by atoms with E-state index < -0.39 is 0 Å².